The van der Waals surface area contributed by atoms with Crippen LogP contribution in [0.15, 0.2) is 24.6 Å². The molecule has 0 heterocycles. The molecular weight excluding hydrogens is 384 g/mol. The van der Waals surface area contributed by atoms with Crippen LogP contribution >= 0.6 is 12.6 Å². The Morgan fingerprint density at radius 2 is 1.72 bits per heavy atom. The summed E-state index contributed by atoms with van der Waals surface area (Å²) in [4.78, 5) is 23.9. The predicted octanol–water partition coefficient (Wildman–Crippen LogP) is 2.91. The Kier molecular flexibility index (Phi) is 14.6. The fraction of sp³-hybridized carbons (Fsp3) is 0.727. The monoisotopic (exact) mass is 426 g/mol. The predicted molar refractivity (Wildman–Crippen MR) is 126 cm³/mol. The Bertz CT molecular complexity index is 537. The van der Waals surface area contributed by atoms with E-state index < -0.39 is 0 Å². The molecule has 0 spiro atoms. The molecule has 0 saturated carbocycles. The van der Waals surface area contributed by atoms with Crippen molar-refractivity contribution in [2.75, 3.05) is 12.3 Å². The Labute approximate surface area is 182 Å². The second kappa shape index (κ2) is 15.4. The molecule has 0 rings (SSSR count). The van der Waals surface area contributed by atoms with Crippen LogP contribution in [0.1, 0.15) is 66.2 Å². The van der Waals surface area contributed by atoms with Crippen molar-refractivity contribution in [3.8, 4) is 0 Å². The van der Waals surface area contributed by atoms with Crippen molar-refractivity contribution in [2.45, 2.75) is 84.3 Å². The summed E-state index contributed by atoms with van der Waals surface area (Å²) in [6.45, 7) is 16.5. The number of hydrogen-bond acceptors (Lipinski definition) is 6. The lowest BCUT2D eigenvalue weighted by molar-refractivity contribution is -0.123. The molecule has 0 bridgehead atoms. The number of carbonyl (C=O) groups excluding carboxylic acids is 2. The van der Waals surface area contributed by atoms with E-state index in [0.29, 0.717) is 30.7 Å². The molecule has 0 aromatic rings. The number of nitrogens with one attached hydrogen (secondary N) is 3. The molecule has 1 amide bonds. The molecule has 0 radical (unpaired) electrons. The molecule has 29 heavy (non-hydrogen) atoms. The van der Waals surface area contributed by atoms with Crippen LogP contribution in [0.25, 0.3) is 0 Å². The summed E-state index contributed by atoms with van der Waals surface area (Å²) in [5, 5.41) is 9.37. The van der Waals surface area contributed by atoms with Crippen LogP contribution < -0.4 is 21.7 Å². The van der Waals surface area contributed by atoms with Crippen molar-refractivity contribution < 1.29 is 9.59 Å². The highest BCUT2D eigenvalue weighted by Gasteiger charge is 2.19. The maximum absolute atomic E-state index is 12.3. The van der Waals surface area contributed by atoms with Gasteiger partial charge in [-0.2, -0.15) is 12.6 Å². The van der Waals surface area contributed by atoms with Gasteiger partial charge in [-0.25, -0.2) is 0 Å². The van der Waals surface area contributed by atoms with Crippen LogP contribution in [-0.2, 0) is 9.59 Å². The van der Waals surface area contributed by atoms with Crippen LogP contribution in [-0.4, -0.2) is 42.1 Å². The summed E-state index contributed by atoms with van der Waals surface area (Å²) >= 11 is 4.19. The average Bonchev–Trinajstić information content (AvgIpc) is 2.68. The molecule has 6 nitrogen and oxygen atoms in total. The number of ketones is 1. The first kappa shape index (κ1) is 27.5. The molecule has 168 valence electrons. The van der Waals surface area contributed by atoms with Crippen LogP contribution in [0.4, 0.5) is 0 Å². The summed E-state index contributed by atoms with van der Waals surface area (Å²) in [7, 11) is 0. The van der Waals surface area contributed by atoms with Crippen LogP contribution in [0.5, 0.6) is 0 Å². The molecule has 0 fully saturated rings. The maximum atomic E-state index is 12.3. The van der Waals surface area contributed by atoms with Gasteiger partial charge in [-0.15, -0.1) is 0 Å². The zero-order valence-electron chi connectivity index (χ0n) is 18.7. The van der Waals surface area contributed by atoms with Crippen LogP contribution in [0.3, 0.4) is 0 Å². The molecule has 0 aromatic carbocycles. The molecule has 0 aliphatic heterocycles. The normalized spacial score (nSPS) is 14.0. The number of rotatable bonds is 17. The number of hydrogen-bond donors (Lipinski definition) is 5. The standard InChI is InChI=1S/C22H42N4O2S/c1-7-20(22(28)25-17(5)14-29)26-18(6)19(23)10-8-9-13-24-16(4)11-12-21(27)15(2)3/h15,17,19-20,24,26,29H,4,6-14,23H2,1-3,5H3,(H,25,28). The fourth-order valence-corrected chi connectivity index (χ4v) is 2.74. The van der Waals surface area contributed by atoms with E-state index in [-0.39, 0.29) is 35.7 Å². The summed E-state index contributed by atoms with van der Waals surface area (Å²) in [6.07, 6.45) is 4.56. The van der Waals surface area contributed by atoms with Crippen molar-refractivity contribution >= 4 is 24.3 Å². The number of thiol groups is 1. The quantitative estimate of drug-likeness (QED) is 0.182. The van der Waals surface area contributed by atoms with Gasteiger partial charge in [-0.05, 0) is 39.0 Å². The van der Waals surface area contributed by atoms with Gasteiger partial charge in [0.05, 0.1) is 0 Å². The minimum absolute atomic E-state index is 0.0226. The van der Waals surface area contributed by atoms with Gasteiger partial charge >= 0.3 is 0 Å². The van der Waals surface area contributed by atoms with Crippen molar-refractivity contribution in [3.63, 3.8) is 0 Å². The van der Waals surface area contributed by atoms with Crippen molar-refractivity contribution in [3.05, 3.63) is 24.6 Å². The Hall–Kier alpha value is -1.47. The van der Waals surface area contributed by atoms with Gasteiger partial charge in [0.25, 0.3) is 0 Å². The zero-order chi connectivity index (χ0) is 22.4. The van der Waals surface area contributed by atoms with Gasteiger partial charge in [0, 0.05) is 48.1 Å². The number of nitrogens with two attached hydrogens (primary N) is 1. The minimum atomic E-state index is -0.338. The molecule has 0 saturated heterocycles. The van der Waals surface area contributed by atoms with Gasteiger partial charge < -0.3 is 21.7 Å². The molecule has 0 aliphatic rings. The van der Waals surface area contributed by atoms with E-state index in [0.717, 1.165) is 31.5 Å². The Morgan fingerprint density at radius 3 is 2.28 bits per heavy atom. The van der Waals surface area contributed by atoms with E-state index >= 15 is 0 Å². The molecule has 3 atom stereocenters. The fourth-order valence-electron chi connectivity index (χ4n) is 2.65. The van der Waals surface area contributed by atoms with E-state index in [2.05, 4.69) is 41.7 Å². The van der Waals surface area contributed by atoms with Gasteiger partial charge in [-0.3, -0.25) is 9.59 Å². The summed E-state index contributed by atoms with van der Waals surface area (Å²) in [5.41, 5.74) is 7.81. The average molecular weight is 427 g/mol. The Morgan fingerprint density at radius 1 is 1.07 bits per heavy atom. The highest BCUT2D eigenvalue weighted by atomic mass is 32.1. The van der Waals surface area contributed by atoms with E-state index in [1.54, 1.807) is 0 Å². The summed E-state index contributed by atoms with van der Waals surface area (Å²) in [6, 6.07) is -0.519. The van der Waals surface area contributed by atoms with E-state index in [1.807, 2.05) is 27.7 Å². The zero-order valence-corrected chi connectivity index (χ0v) is 19.6. The van der Waals surface area contributed by atoms with Crippen molar-refractivity contribution in [1.82, 2.24) is 16.0 Å². The summed E-state index contributed by atoms with van der Waals surface area (Å²) in [5.74, 6) is 0.887. The maximum Gasteiger partial charge on any atom is 0.242 e. The first-order chi connectivity index (χ1) is 13.6. The number of unbranched alkanes of at least 4 members (excludes halogenated alkanes) is 1. The van der Waals surface area contributed by atoms with Gasteiger partial charge in [0.1, 0.15) is 11.8 Å². The van der Waals surface area contributed by atoms with E-state index in [4.69, 9.17) is 5.73 Å². The number of carbonyl (C=O) groups is 2. The highest BCUT2D eigenvalue weighted by molar-refractivity contribution is 7.80. The molecule has 7 heteroatoms. The molecule has 0 aromatic heterocycles. The topological polar surface area (TPSA) is 96.2 Å². The Balaban J connectivity index is 4.07. The van der Waals surface area contributed by atoms with Gasteiger partial charge in [0.2, 0.25) is 5.91 Å². The second-order valence-electron chi connectivity index (χ2n) is 7.98. The van der Waals surface area contributed by atoms with Gasteiger partial charge in [0.15, 0.2) is 0 Å². The van der Waals surface area contributed by atoms with Gasteiger partial charge in [-0.1, -0.05) is 33.9 Å². The summed E-state index contributed by atoms with van der Waals surface area (Å²) < 4.78 is 0. The molecule has 0 aliphatic carbocycles. The number of amides is 1. The van der Waals surface area contributed by atoms with Crippen molar-refractivity contribution in [1.29, 1.82) is 0 Å². The third kappa shape index (κ3) is 12.6. The first-order valence-electron chi connectivity index (χ1n) is 10.7. The van der Waals surface area contributed by atoms with E-state index in [1.165, 1.54) is 0 Å². The lowest BCUT2D eigenvalue weighted by atomic mass is 10.0. The minimum Gasteiger partial charge on any atom is -0.389 e. The van der Waals surface area contributed by atoms with E-state index in [9.17, 15) is 9.59 Å². The smallest absolute Gasteiger partial charge is 0.242 e. The van der Waals surface area contributed by atoms with Crippen LogP contribution in [0.2, 0.25) is 0 Å². The lowest BCUT2D eigenvalue weighted by Crippen LogP contribution is -2.48. The second-order valence-corrected chi connectivity index (χ2v) is 8.34. The van der Waals surface area contributed by atoms with Crippen molar-refractivity contribution in [2.24, 2.45) is 11.7 Å². The SMILES string of the molecule is C=C(CCC(=O)C(C)C)NCCCCC(N)C(=C)NC(CC)C(=O)NC(C)CS. The largest absolute Gasteiger partial charge is 0.389 e. The highest BCUT2D eigenvalue weighted by Crippen LogP contribution is 2.08. The number of Topliss-reactive ketones (excluding diaryl/α,β-unsaturated/α-hetero) is 1. The first-order valence-corrected chi connectivity index (χ1v) is 11.3. The molecule has 5 N–H and O–H groups in total. The molecular formula is C22H42N4O2S. The lowest BCUT2D eigenvalue weighted by Gasteiger charge is -2.24. The van der Waals surface area contributed by atoms with Crippen LogP contribution in [0, 0.1) is 5.92 Å². The third-order valence-electron chi connectivity index (χ3n) is 4.83. The molecule has 3 unspecified atom stereocenters. The number of allylic oxidation sites excluding steroid dienone is 1. The third-order valence-corrected chi connectivity index (χ3v) is 5.38.